The van der Waals surface area contributed by atoms with Crippen molar-refractivity contribution in [3.05, 3.63) is 57.8 Å². The van der Waals surface area contributed by atoms with Crippen molar-refractivity contribution < 1.29 is 0 Å². The third-order valence-corrected chi connectivity index (χ3v) is 3.66. The average Bonchev–Trinajstić information content (AvgIpc) is 2.81. The Morgan fingerprint density at radius 2 is 2.00 bits per heavy atom. The van der Waals surface area contributed by atoms with Crippen LogP contribution in [0.1, 0.15) is 25.0 Å². The molecule has 20 heavy (non-hydrogen) atoms. The minimum absolute atomic E-state index is 0.669. The summed E-state index contributed by atoms with van der Waals surface area (Å²) in [5, 5.41) is 4.91. The van der Waals surface area contributed by atoms with Crippen molar-refractivity contribution >= 4 is 23.2 Å². The SMILES string of the molecule is CC(C)CNCc1ccn(Cc2cc(Cl)ccc2Cl)c1. The summed E-state index contributed by atoms with van der Waals surface area (Å²) in [6.45, 7) is 7.09. The van der Waals surface area contributed by atoms with Crippen LogP contribution in [0.5, 0.6) is 0 Å². The first-order valence-electron chi connectivity index (χ1n) is 6.84. The zero-order valence-electron chi connectivity index (χ0n) is 11.9. The quantitative estimate of drug-likeness (QED) is 0.825. The lowest BCUT2D eigenvalue weighted by Gasteiger charge is -2.07. The van der Waals surface area contributed by atoms with Crippen LogP contribution in [0, 0.1) is 5.92 Å². The van der Waals surface area contributed by atoms with Crippen LogP contribution in [0.2, 0.25) is 10.0 Å². The average molecular weight is 311 g/mol. The molecule has 2 rings (SSSR count). The van der Waals surface area contributed by atoms with Crippen LogP contribution in [-0.2, 0) is 13.1 Å². The molecule has 0 saturated carbocycles. The van der Waals surface area contributed by atoms with Gasteiger partial charge in [0.15, 0.2) is 0 Å². The van der Waals surface area contributed by atoms with Crippen molar-refractivity contribution in [1.29, 1.82) is 0 Å². The predicted molar refractivity (Wildman–Crippen MR) is 86.5 cm³/mol. The zero-order valence-corrected chi connectivity index (χ0v) is 13.4. The molecule has 0 spiro atoms. The van der Waals surface area contributed by atoms with Gasteiger partial charge in [-0.15, -0.1) is 0 Å². The molecule has 2 aromatic rings. The van der Waals surface area contributed by atoms with Crippen LogP contribution < -0.4 is 5.32 Å². The van der Waals surface area contributed by atoms with E-state index in [4.69, 9.17) is 23.2 Å². The third kappa shape index (κ3) is 4.55. The highest BCUT2D eigenvalue weighted by Crippen LogP contribution is 2.21. The maximum absolute atomic E-state index is 6.19. The molecular formula is C16H20Cl2N2. The van der Waals surface area contributed by atoms with Crippen LogP contribution >= 0.6 is 23.2 Å². The van der Waals surface area contributed by atoms with Crippen molar-refractivity contribution in [3.63, 3.8) is 0 Å². The Balaban J connectivity index is 1.97. The molecule has 1 N–H and O–H groups in total. The van der Waals surface area contributed by atoms with Gasteiger partial charge < -0.3 is 9.88 Å². The summed E-state index contributed by atoms with van der Waals surface area (Å²) < 4.78 is 2.13. The van der Waals surface area contributed by atoms with Crippen LogP contribution in [0.15, 0.2) is 36.7 Å². The molecule has 0 aliphatic rings. The molecule has 108 valence electrons. The van der Waals surface area contributed by atoms with Gasteiger partial charge in [-0.3, -0.25) is 0 Å². The molecular weight excluding hydrogens is 291 g/mol. The van der Waals surface area contributed by atoms with E-state index >= 15 is 0 Å². The van der Waals surface area contributed by atoms with Crippen LogP contribution in [0.4, 0.5) is 0 Å². The largest absolute Gasteiger partial charge is 0.350 e. The summed E-state index contributed by atoms with van der Waals surface area (Å²) >= 11 is 12.2. The van der Waals surface area contributed by atoms with Gasteiger partial charge in [0, 0.05) is 35.5 Å². The normalized spacial score (nSPS) is 11.2. The lowest BCUT2D eigenvalue weighted by molar-refractivity contribution is 0.552. The minimum Gasteiger partial charge on any atom is -0.350 e. The van der Waals surface area contributed by atoms with E-state index in [1.807, 2.05) is 18.2 Å². The molecule has 1 aromatic heterocycles. The van der Waals surface area contributed by atoms with Gasteiger partial charge >= 0.3 is 0 Å². The van der Waals surface area contributed by atoms with Gasteiger partial charge in [-0.25, -0.2) is 0 Å². The van der Waals surface area contributed by atoms with E-state index in [1.165, 1.54) is 5.56 Å². The van der Waals surface area contributed by atoms with E-state index in [1.54, 1.807) is 0 Å². The van der Waals surface area contributed by atoms with Crippen molar-refractivity contribution in [2.45, 2.75) is 26.9 Å². The van der Waals surface area contributed by atoms with Crippen LogP contribution in [-0.4, -0.2) is 11.1 Å². The first-order valence-corrected chi connectivity index (χ1v) is 7.59. The molecule has 1 heterocycles. The Hall–Kier alpha value is -0.960. The molecule has 0 radical (unpaired) electrons. The molecule has 4 heteroatoms. The monoisotopic (exact) mass is 310 g/mol. The first kappa shape index (κ1) is 15.4. The van der Waals surface area contributed by atoms with E-state index in [-0.39, 0.29) is 0 Å². The summed E-state index contributed by atoms with van der Waals surface area (Å²) in [6.07, 6.45) is 4.22. The highest BCUT2D eigenvalue weighted by Gasteiger charge is 2.04. The fourth-order valence-electron chi connectivity index (χ4n) is 2.06. The van der Waals surface area contributed by atoms with Gasteiger partial charge in [0.05, 0.1) is 0 Å². The Labute approximate surface area is 130 Å². The maximum Gasteiger partial charge on any atom is 0.0485 e. The van der Waals surface area contributed by atoms with Gasteiger partial charge in [0.2, 0.25) is 0 Å². The van der Waals surface area contributed by atoms with Gasteiger partial charge in [-0.2, -0.15) is 0 Å². The Bertz CT molecular complexity index is 561. The molecule has 0 amide bonds. The third-order valence-electron chi connectivity index (χ3n) is 3.05. The molecule has 0 fully saturated rings. The fourth-order valence-corrected chi connectivity index (χ4v) is 2.43. The van der Waals surface area contributed by atoms with E-state index < -0.39 is 0 Å². The summed E-state index contributed by atoms with van der Waals surface area (Å²) in [5.41, 5.74) is 2.32. The van der Waals surface area contributed by atoms with Crippen LogP contribution in [0.3, 0.4) is 0 Å². The molecule has 0 aliphatic heterocycles. The standard InChI is InChI=1S/C16H20Cl2N2/c1-12(2)8-19-9-13-5-6-20(10-13)11-14-7-15(17)3-4-16(14)18/h3-7,10,12,19H,8-9,11H2,1-2H3. The number of aromatic nitrogens is 1. The van der Waals surface area contributed by atoms with E-state index in [0.29, 0.717) is 5.92 Å². The molecule has 2 nitrogen and oxygen atoms in total. The lowest BCUT2D eigenvalue weighted by atomic mass is 10.2. The number of hydrogen-bond donors (Lipinski definition) is 1. The number of benzene rings is 1. The number of nitrogens with zero attached hydrogens (tertiary/aromatic N) is 1. The van der Waals surface area contributed by atoms with Gasteiger partial charge in [-0.05, 0) is 47.9 Å². The summed E-state index contributed by atoms with van der Waals surface area (Å²) in [6, 6.07) is 7.70. The Kier molecular flexibility index (Phi) is 5.53. The molecule has 0 unspecified atom stereocenters. The second-order valence-electron chi connectivity index (χ2n) is 5.45. The van der Waals surface area contributed by atoms with Gasteiger partial charge in [-0.1, -0.05) is 37.0 Å². The van der Waals surface area contributed by atoms with Crippen molar-refractivity contribution in [2.75, 3.05) is 6.54 Å². The summed E-state index contributed by atoms with van der Waals surface area (Å²) in [5.74, 6) is 0.669. The molecule has 0 saturated heterocycles. The maximum atomic E-state index is 6.19. The van der Waals surface area contributed by atoms with E-state index in [0.717, 1.165) is 35.2 Å². The number of halogens is 2. The van der Waals surface area contributed by atoms with E-state index in [9.17, 15) is 0 Å². The predicted octanol–water partition coefficient (Wildman–Crippen LogP) is 4.59. The van der Waals surface area contributed by atoms with E-state index in [2.05, 4.69) is 42.2 Å². The second kappa shape index (κ2) is 7.16. The fraction of sp³-hybridized carbons (Fsp3) is 0.375. The summed E-state index contributed by atoms with van der Waals surface area (Å²) in [7, 11) is 0. The van der Waals surface area contributed by atoms with Gasteiger partial charge in [0.25, 0.3) is 0 Å². The second-order valence-corrected chi connectivity index (χ2v) is 6.30. The number of nitrogens with one attached hydrogen (secondary N) is 1. The zero-order chi connectivity index (χ0) is 14.5. The molecule has 1 aromatic carbocycles. The van der Waals surface area contributed by atoms with Gasteiger partial charge in [0.1, 0.15) is 0 Å². The molecule has 0 aliphatic carbocycles. The smallest absolute Gasteiger partial charge is 0.0485 e. The summed E-state index contributed by atoms with van der Waals surface area (Å²) in [4.78, 5) is 0. The van der Waals surface area contributed by atoms with Crippen molar-refractivity contribution in [1.82, 2.24) is 9.88 Å². The lowest BCUT2D eigenvalue weighted by Crippen LogP contribution is -2.18. The Morgan fingerprint density at radius 1 is 1.20 bits per heavy atom. The number of rotatable bonds is 6. The van der Waals surface area contributed by atoms with Crippen molar-refractivity contribution in [2.24, 2.45) is 5.92 Å². The highest BCUT2D eigenvalue weighted by molar-refractivity contribution is 6.33. The molecule has 0 bridgehead atoms. The highest BCUT2D eigenvalue weighted by atomic mass is 35.5. The Morgan fingerprint density at radius 3 is 2.75 bits per heavy atom. The van der Waals surface area contributed by atoms with Crippen LogP contribution in [0.25, 0.3) is 0 Å². The number of hydrogen-bond acceptors (Lipinski definition) is 1. The minimum atomic E-state index is 0.669. The molecule has 0 atom stereocenters. The van der Waals surface area contributed by atoms with Crippen molar-refractivity contribution in [3.8, 4) is 0 Å². The topological polar surface area (TPSA) is 17.0 Å². The first-order chi connectivity index (χ1) is 9.54.